The Kier molecular flexibility index (Phi) is 8.41. The van der Waals surface area contributed by atoms with E-state index < -0.39 is 4.92 Å². The lowest BCUT2D eigenvalue weighted by Gasteiger charge is -2.42. The van der Waals surface area contributed by atoms with Gasteiger partial charge in [0, 0.05) is 49.9 Å². The zero-order chi connectivity index (χ0) is 15.6. The van der Waals surface area contributed by atoms with E-state index in [1.54, 1.807) is 0 Å². The zero-order valence-corrected chi connectivity index (χ0v) is 15.2. The van der Waals surface area contributed by atoms with E-state index in [1.165, 1.54) is 18.2 Å². The second kappa shape index (κ2) is 8.78. The summed E-state index contributed by atoms with van der Waals surface area (Å²) in [5.41, 5.74) is 0.141. The molecule has 0 aromatic heterocycles. The first-order valence-electron chi connectivity index (χ1n) is 7.19. The Hall–Kier alpha value is -0.950. The van der Waals surface area contributed by atoms with Crippen LogP contribution in [0.5, 0.6) is 0 Å². The second-order valence-electron chi connectivity index (χ2n) is 6.52. The Morgan fingerprint density at radius 2 is 1.83 bits per heavy atom. The molecule has 23 heavy (non-hydrogen) atoms. The molecular formula is C15H24Cl2FN3O2. The summed E-state index contributed by atoms with van der Waals surface area (Å²) in [6, 6.07) is 3.62. The third-order valence-electron chi connectivity index (χ3n) is 3.82. The van der Waals surface area contributed by atoms with Crippen LogP contribution in [0.1, 0.15) is 32.4 Å². The Morgan fingerprint density at radius 1 is 1.26 bits per heavy atom. The SMILES string of the molecule is CC(C)(C)[C@@H](c1cc([N+](=O)[O-])ccc1F)N1CCNCC1.Cl.Cl. The molecule has 1 heterocycles. The van der Waals surface area contributed by atoms with Crippen molar-refractivity contribution in [1.29, 1.82) is 0 Å². The third-order valence-corrected chi connectivity index (χ3v) is 3.82. The largest absolute Gasteiger partial charge is 0.314 e. The quantitative estimate of drug-likeness (QED) is 0.655. The molecule has 5 nitrogen and oxygen atoms in total. The van der Waals surface area contributed by atoms with Gasteiger partial charge >= 0.3 is 0 Å². The van der Waals surface area contributed by atoms with Crippen LogP contribution in [0.4, 0.5) is 10.1 Å². The van der Waals surface area contributed by atoms with Gasteiger partial charge in [0.2, 0.25) is 0 Å². The summed E-state index contributed by atoms with van der Waals surface area (Å²) in [6.45, 7) is 9.44. The van der Waals surface area contributed by atoms with Crippen molar-refractivity contribution in [2.24, 2.45) is 5.41 Å². The van der Waals surface area contributed by atoms with Gasteiger partial charge in [0.25, 0.3) is 5.69 Å². The fourth-order valence-corrected chi connectivity index (χ4v) is 3.01. The molecule has 0 aliphatic carbocycles. The number of nitrogens with zero attached hydrogens (tertiary/aromatic N) is 2. The molecule has 1 atom stereocenters. The molecule has 1 fully saturated rings. The Bertz CT molecular complexity index is 532. The first-order chi connectivity index (χ1) is 9.80. The molecule has 1 aromatic carbocycles. The molecule has 0 radical (unpaired) electrons. The number of hydrogen-bond donors (Lipinski definition) is 1. The third kappa shape index (κ3) is 5.28. The maximum Gasteiger partial charge on any atom is 0.269 e. The van der Waals surface area contributed by atoms with Crippen LogP contribution in [-0.2, 0) is 0 Å². The highest BCUT2D eigenvalue weighted by molar-refractivity contribution is 5.85. The minimum atomic E-state index is -0.472. The van der Waals surface area contributed by atoms with E-state index in [2.05, 4.69) is 10.2 Å². The van der Waals surface area contributed by atoms with Gasteiger partial charge in [0.1, 0.15) is 5.82 Å². The maximum absolute atomic E-state index is 14.3. The minimum absolute atomic E-state index is 0. The molecule has 0 saturated carbocycles. The van der Waals surface area contributed by atoms with Crippen molar-refractivity contribution in [3.05, 3.63) is 39.7 Å². The van der Waals surface area contributed by atoms with Crippen LogP contribution >= 0.6 is 24.8 Å². The van der Waals surface area contributed by atoms with Crippen LogP contribution in [-0.4, -0.2) is 36.0 Å². The highest BCUT2D eigenvalue weighted by Crippen LogP contribution is 2.40. The number of halogens is 3. The lowest BCUT2D eigenvalue weighted by molar-refractivity contribution is -0.385. The molecule has 0 amide bonds. The predicted octanol–water partition coefficient (Wildman–Crippen LogP) is 3.57. The van der Waals surface area contributed by atoms with Crippen molar-refractivity contribution >= 4 is 30.5 Å². The number of nitro groups is 1. The highest BCUT2D eigenvalue weighted by atomic mass is 35.5. The van der Waals surface area contributed by atoms with Gasteiger partial charge in [-0.3, -0.25) is 15.0 Å². The van der Waals surface area contributed by atoms with Crippen molar-refractivity contribution in [1.82, 2.24) is 10.2 Å². The fourth-order valence-electron chi connectivity index (χ4n) is 3.01. The monoisotopic (exact) mass is 367 g/mol. The molecule has 2 rings (SSSR count). The molecule has 1 N–H and O–H groups in total. The molecule has 132 valence electrons. The molecule has 0 spiro atoms. The first-order valence-corrected chi connectivity index (χ1v) is 7.19. The summed E-state index contributed by atoms with van der Waals surface area (Å²) >= 11 is 0. The lowest BCUT2D eigenvalue weighted by Crippen LogP contribution is -2.48. The molecule has 0 unspecified atom stereocenters. The van der Waals surface area contributed by atoms with Gasteiger partial charge in [-0.2, -0.15) is 0 Å². The number of nitrogens with one attached hydrogen (secondary N) is 1. The number of rotatable bonds is 3. The van der Waals surface area contributed by atoms with Gasteiger partial charge < -0.3 is 5.32 Å². The summed E-state index contributed by atoms with van der Waals surface area (Å²) in [5.74, 6) is -0.376. The predicted molar refractivity (Wildman–Crippen MR) is 94.2 cm³/mol. The van der Waals surface area contributed by atoms with E-state index in [1.807, 2.05) is 20.8 Å². The minimum Gasteiger partial charge on any atom is -0.314 e. The highest BCUT2D eigenvalue weighted by Gasteiger charge is 2.35. The summed E-state index contributed by atoms with van der Waals surface area (Å²) in [7, 11) is 0. The van der Waals surface area contributed by atoms with E-state index in [0.29, 0.717) is 5.56 Å². The smallest absolute Gasteiger partial charge is 0.269 e. The van der Waals surface area contributed by atoms with Crippen molar-refractivity contribution in [3.8, 4) is 0 Å². The Balaban J connectivity index is 0.00000242. The average molecular weight is 368 g/mol. The topological polar surface area (TPSA) is 58.4 Å². The molecule has 1 aromatic rings. The van der Waals surface area contributed by atoms with Crippen molar-refractivity contribution in [3.63, 3.8) is 0 Å². The molecule has 8 heteroatoms. The van der Waals surface area contributed by atoms with Crippen LogP contribution in [0.15, 0.2) is 18.2 Å². The Labute approximate surface area is 148 Å². The first kappa shape index (κ1) is 22.1. The van der Waals surface area contributed by atoms with E-state index in [9.17, 15) is 14.5 Å². The second-order valence-corrected chi connectivity index (χ2v) is 6.52. The van der Waals surface area contributed by atoms with E-state index >= 15 is 0 Å². The average Bonchev–Trinajstić information content (AvgIpc) is 2.40. The van der Waals surface area contributed by atoms with Crippen molar-refractivity contribution < 1.29 is 9.31 Å². The number of benzene rings is 1. The summed E-state index contributed by atoms with van der Waals surface area (Å²) in [4.78, 5) is 12.7. The Morgan fingerprint density at radius 3 is 2.30 bits per heavy atom. The summed E-state index contributed by atoms with van der Waals surface area (Å²) in [6.07, 6.45) is 0. The molecule has 1 aliphatic rings. The van der Waals surface area contributed by atoms with Crippen molar-refractivity contribution in [2.75, 3.05) is 26.2 Å². The number of non-ortho nitro benzene ring substituents is 1. The van der Waals surface area contributed by atoms with Crippen LogP contribution < -0.4 is 5.32 Å². The molecular weight excluding hydrogens is 344 g/mol. The fraction of sp³-hybridized carbons (Fsp3) is 0.600. The van der Waals surface area contributed by atoms with Crippen LogP contribution in [0.2, 0.25) is 0 Å². The van der Waals surface area contributed by atoms with Gasteiger partial charge in [-0.05, 0) is 11.5 Å². The maximum atomic E-state index is 14.3. The lowest BCUT2D eigenvalue weighted by atomic mass is 9.80. The van der Waals surface area contributed by atoms with Crippen LogP contribution in [0, 0.1) is 21.3 Å². The van der Waals surface area contributed by atoms with E-state index in [4.69, 9.17) is 0 Å². The van der Waals surface area contributed by atoms with Gasteiger partial charge in [-0.25, -0.2) is 4.39 Å². The zero-order valence-electron chi connectivity index (χ0n) is 13.5. The molecule has 1 saturated heterocycles. The van der Waals surface area contributed by atoms with Gasteiger partial charge in [-0.15, -0.1) is 24.8 Å². The molecule has 0 bridgehead atoms. The van der Waals surface area contributed by atoms with Crippen molar-refractivity contribution in [2.45, 2.75) is 26.8 Å². The van der Waals surface area contributed by atoms with Gasteiger partial charge in [0.05, 0.1) is 4.92 Å². The van der Waals surface area contributed by atoms with E-state index in [-0.39, 0.29) is 47.8 Å². The van der Waals surface area contributed by atoms with Crippen LogP contribution in [0.25, 0.3) is 0 Å². The standard InChI is InChI=1S/C15H22FN3O2.2ClH/c1-15(2,3)14(18-8-6-17-7-9-18)12-10-11(19(20)21)4-5-13(12)16;;/h4-5,10,14,17H,6-9H2,1-3H3;2*1H/t14-;;/m1../s1. The van der Waals surface area contributed by atoms with E-state index in [0.717, 1.165) is 26.2 Å². The van der Waals surface area contributed by atoms with Gasteiger partial charge in [-0.1, -0.05) is 20.8 Å². The normalized spacial score (nSPS) is 16.9. The number of nitro benzene ring substituents is 1. The number of hydrogen-bond acceptors (Lipinski definition) is 4. The summed E-state index contributed by atoms with van der Waals surface area (Å²) in [5, 5.41) is 14.2. The summed E-state index contributed by atoms with van der Waals surface area (Å²) < 4.78 is 14.3. The molecule has 1 aliphatic heterocycles. The van der Waals surface area contributed by atoms with Crippen LogP contribution in [0.3, 0.4) is 0 Å². The number of piperazine rings is 1. The van der Waals surface area contributed by atoms with Gasteiger partial charge in [0.15, 0.2) is 0 Å².